The molecule has 0 amide bonds. The molecule has 74 valence electrons. The molecule has 0 fully saturated rings. The highest BCUT2D eigenvalue weighted by atomic mass is 32.2. The van der Waals surface area contributed by atoms with E-state index in [0.29, 0.717) is 4.21 Å². The first-order valence-electron chi connectivity index (χ1n) is 3.89. The summed E-state index contributed by atoms with van der Waals surface area (Å²) in [5.74, 6) is 0. The minimum absolute atomic E-state index is 0.398. The fourth-order valence-corrected chi connectivity index (χ4v) is 6.25. The van der Waals surface area contributed by atoms with Gasteiger partial charge >= 0.3 is 0 Å². The minimum Gasteiger partial charge on any atom is -0.233 e. The van der Waals surface area contributed by atoms with Crippen LogP contribution in [0.5, 0.6) is 0 Å². The van der Waals surface area contributed by atoms with E-state index < -0.39 is 18.3 Å². The molecule has 0 bridgehead atoms. The molecule has 0 unspecified atom stereocenters. The second-order valence-corrected chi connectivity index (χ2v) is 11.8. The van der Waals surface area contributed by atoms with Gasteiger partial charge in [0.25, 0.3) is 0 Å². The molecule has 0 aromatic carbocycles. The van der Waals surface area contributed by atoms with E-state index in [1.165, 1.54) is 11.3 Å². The van der Waals surface area contributed by atoms with Crippen molar-refractivity contribution in [3.8, 4) is 0 Å². The molecule has 0 spiro atoms. The first-order chi connectivity index (χ1) is 5.81. The number of sulfonamides is 1. The summed E-state index contributed by atoms with van der Waals surface area (Å²) in [5.41, 5.74) is 0. The Morgan fingerprint density at radius 3 is 2.38 bits per heavy atom. The fraction of sp³-hybridized carbons (Fsp3) is 0.429. The smallest absolute Gasteiger partial charge is 0.233 e. The molecule has 0 saturated heterocycles. The standard InChI is InChI=1S/C7H13NO2S2Si/c1-13(2,3)8-12(9,10)7-5-4-6-11-7/h4-6,8H,1-3H3. The van der Waals surface area contributed by atoms with Crippen LogP contribution in [0.3, 0.4) is 0 Å². The summed E-state index contributed by atoms with van der Waals surface area (Å²) in [7, 11) is -5.02. The number of nitrogens with one attached hydrogen (secondary N) is 1. The summed E-state index contributed by atoms with van der Waals surface area (Å²) in [6, 6.07) is 3.36. The summed E-state index contributed by atoms with van der Waals surface area (Å²) in [5, 5.41) is 1.76. The molecule has 0 aliphatic rings. The topological polar surface area (TPSA) is 46.2 Å². The van der Waals surface area contributed by atoms with E-state index >= 15 is 0 Å². The van der Waals surface area contributed by atoms with Gasteiger partial charge in [-0.05, 0) is 11.4 Å². The van der Waals surface area contributed by atoms with Crippen molar-refractivity contribution in [2.24, 2.45) is 0 Å². The third-order valence-corrected chi connectivity index (χ3v) is 7.00. The van der Waals surface area contributed by atoms with E-state index in [1.54, 1.807) is 17.5 Å². The third-order valence-electron chi connectivity index (χ3n) is 1.20. The van der Waals surface area contributed by atoms with Crippen LogP contribution in [0.1, 0.15) is 0 Å². The maximum Gasteiger partial charge on any atom is 0.244 e. The molecule has 1 aromatic heterocycles. The van der Waals surface area contributed by atoms with Gasteiger partial charge in [0, 0.05) is 0 Å². The van der Waals surface area contributed by atoms with Crippen molar-refractivity contribution < 1.29 is 8.42 Å². The quantitative estimate of drug-likeness (QED) is 0.813. The predicted octanol–water partition coefficient (Wildman–Crippen LogP) is 1.86. The van der Waals surface area contributed by atoms with Crippen molar-refractivity contribution in [1.82, 2.24) is 4.39 Å². The highest BCUT2D eigenvalue weighted by Gasteiger charge is 2.24. The number of rotatable bonds is 3. The van der Waals surface area contributed by atoms with Crippen molar-refractivity contribution in [2.45, 2.75) is 23.9 Å². The van der Waals surface area contributed by atoms with Gasteiger partial charge in [-0.3, -0.25) is 0 Å². The SMILES string of the molecule is C[Si](C)(C)NS(=O)(=O)c1cccs1. The first-order valence-corrected chi connectivity index (χ1v) is 9.75. The summed E-state index contributed by atoms with van der Waals surface area (Å²) in [6.45, 7) is 5.87. The Hall–Kier alpha value is -0.173. The average Bonchev–Trinajstić information content (AvgIpc) is 2.29. The average molecular weight is 235 g/mol. The Balaban J connectivity index is 2.93. The fourth-order valence-electron chi connectivity index (χ4n) is 0.870. The number of thiophene rings is 1. The molecule has 0 aliphatic carbocycles. The van der Waals surface area contributed by atoms with Crippen LogP contribution in [-0.4, -0.2) is 16.7 Å². The molecular formula is C7H13NO2S2Si. The van der Waals surface area contributed by atoms with E-state index in [1.807, 2.05) is 19.6 Å². The number of hydrogen-bond donors (Lipinski definition) is 1. The molecule has 13 heavy (non-hydrogen) atoms. The lowest BCUT2D eigenvalue weighted by Crippen LogP contribution is -2.44. The van der Waals surface area contributed by atoms with Gasteiger partial charge in [0.1, 0.15) is 12.4 Å². The molecular weight excluding hydrogens is 222 g/mol. The molecule has 6 heteroatoms. The Morgan fingerprint density at radius 1 is 1.38 bits per heavy atom. The van der Waals surface area contributed by atoms with Gasteiger partial charge in [-0.25, -0.2) is 12.8 Å². The van der Waals surface area contributed by atoms with Gasteiger partial charge in [-0.15, -0.1) is 11.3 Å². The zero-order valence-electron chi connectivity index (χ0n) is 7.87. The minimum atomic E-state index is -3.24. The van der Waals surface area contributed by atoms with Gasteiger partial charge in [0.05, 0.1) is 0 Å². The Labute approximate surface area is 83.9 Å². The summed E-state index contributed by atoms with van der Waals surface area (Å²) < 4.78 is 26.4. The first kappa shape index (κ1) is 10.9. The van der Waals surface area contributed by atoms with Crippen LogP contribution in [0.4, 0.5) is 0 Å². The molecule has 1 rings (SSSR count). The zero-order valence-corrected chi connectivity index (χ0v) is 10.5. The van der Waals surface area contributed by atoms with Crippen molar-refractivity contribution in [2.75, 3.05) is 0 Å². The van der Waals surface area contributed by atoms with Crippen LogP contribution in [0.15, 0.2) is 21.7 Å². The van der Waals surface area contributed by atoms with Crippen LogP contribution < -0.4 is 4.39 Å². The van der Waals surface area contributed by atoms with Gasteiger partial charge in [0.15, 0.2) is 0 Å². The highest BCUT2D eigenvalue weighted by molar-refractivity contribution is 7.93. The van der Waals surface area contributed by atoms with E-state index in [2.05, 4.69) is 4.39 Å². The number of hydrogen-bond acceptors (Lipinski definition) is 3. The van der Waals surface area contributed by atoms with Gasteiger partial charge in [0.2, 0.25) is 10.0 Å². The molecule has 1 N–H and O–H groups in total. The second-order valence-electron chi connectivity index (χ2n) is 3.79. The van der Waals surface area contributed by atoms with Gasteiger partial charge in [-0.1, -0.05) is 25.7 Å². The van der Waals surface area contributed by atoms with Crippen LogP contribution in [-0.2, 0) is 10.0 Å². The van der Waals surface area contributed by atoms with Crippen molar-refractivity contribution in [3.63, 3.8) is 0 Å². The zero-order chi connectivity index (χ0) is 10.1. The van der Waals surface area contributed by atoms with E-state index in [0.717, 1.165) is 0 Å². The Morgan fingerprint density at radius 2 is 2.00 bits per heavy atom. The maximum atomic E-state index is 11.6. The maximum absolute atomic E-state index is 11.6. The monoisotopic (exact) mass is 235 g/mol. The molecule has 0 radical (unpaired) electrons. The van der Waals surface area contributed by atoms with Crippen molar-refractivity contribution >= 4 is 29.6 Å². The highest BCUT2D eigenvalue weighted by Crippen LogP contribution is 2.16. The predicted molar refractivity (Wildman–Crippen MR) is 58.0 cm³/mol. The third kappa shape index (κ3) is 3.22. The molecule has 3 nitrogen and oxygen atoms in total. The van der Waals surface area contributed by atoms with E-state index in [4.69, 9.17) is 0 Å². The molecule has 0 aliphatic heterocycles. The lowest BCUT2D eigenvalue weighted by molar-refractivity contribution is 0.595. The summed E-state index contributed by atoms with van der Waals surface area (Å²) >= 11 is 1.24. The van der Waals surface area contributed by atoms with Gasteiger partial charge in [-0.2, -0.15) is 0 Å². The van der Waals surface area contributed by atoms with E-state index in [-0.39, 0.29) is 0 Å². The summed E-state index contributed by atoms with van der Waals surface area (Å²) in [6.07, 6.45) is 0. The Bertz CT molecular complexity index is 364. The molecule has 1 aromatic rings. The lowest BCUT2D eigenvalue weighted by atomic mass is 10.7. The van der Waals surface area contributed by atoms with Crippen LogP contribution >= 0.6 is 11.3 Å². The molecule has 0 saturated carbocycles. The van der Waals surface area contributed by atoms with Crippen LogP contribution in [0.25, 0.3) is 0 Å². The summed E-state index contributed by atoms with van der Waals surface area (Å²) in [4.78, 5) is 0. The second kappa shape index (κ2) is 3.53. The lowest BCUT2D eigenvalue weighted by Gasteiger charge is -2.16. The van der Waals surface area contributed by atoms with Crippen molar-refractivity contribution in [1.29, 1.82) is 0 Å². The van der Waals surface area contributed by atoms with Crippen molar-refractivity contribution in [3.05, 3.63) is 17.5 Å². The largest absolute Gasteiger partial charge is 0.244 e. The Kier molecular flexibility index (Phi) is 2.96. The van der Waals surface area contributed by atoms with Gasteiger partial charge < -0.3 is 0 Å². The van der Waals surface area contributed by atoms with Crippen LogP contribution in [0.2, 0.25) is 19.6 Å². The molecule has 0 atom stereocenters. The molecule has 1 heterocycles. The van der Waals surface area contributed by atoms with Crippen LogP contribution in [0, 0.1) is 0 Å². The van der Waals surface area contributed by atoms with E-state index in [9.17, 15) is 8.42 Å². The normalized spacial score (nSPS) is 13.2.